The van der Waals surface area contributed by atoms with Gasteiger partial charge in [-0.05, 0) is 36.4 Å². The van der Waals surface area contributed by atoms with Gasteiger partial charge in [0.2, 0.25) is 5.91 Å². The smallest absolute Gasteiger partial charge is 0.248 e. The maximum atomic E-state index is 14.3. The maximum Gasteiger partial charge on any atom is 0.248 e. The number of halogens is 3. The lowest BCUT2D eigenvalue weighted by Gasteiger charge is -2.27. The molecule has 0 bridgehead atoms. The first-order valence-corrected chi connectivity index (χ1v) is 12.1. The molecule has 7 nitrogen and oxygen atoms in total. The summed E-state index contributed by atoms with van der Waals surface area (Å²) in [7, 11) is -2.49. The van der Waals surface area contributed by atoms with Gasteiger partial charge in [-0.3, -0.25) is 4.79 Å². The van der Waals surface area contributed by atoms with Gasteiger partial charge in [-0.15, -0.1) is 0 Å². The zero-order valence-electron chi connectivity index (χ0n) is 17.6. The Labute approximate surface area is 200 Å². The van der Waals surface area contributed by atoms with Crippen LogP contribution in [0, 0.1) is 5.82 Å². The third kappa shape index (κ3) is 4.96. The number of pyridine rings is 1. The molecule has 0 saturated heterocycles. The number of primary amides is 1. The first-order chi connectivity index (χ1) is 15.5. The Morgan fingerprint density at radius 3 is 2.52 bits per heavy atom. The molecule has 0 spiro atoms. The van der Waals surface area contributed by atoms with Gasteiger partial charge < -0.3 is 15.7 Å². The standard InChI is InChI=1S/C22H20Cl2FN3O4S/c1-3-33(31,32)18-10-13(14-9-12(20(26)29)7-8-15(14)23)11-27-21(18)28(2)22(30)19-16(24)5-4-6-17(19)25/h4-11,22,30H,3H2,1-2H3,(H2,26,29). The van der Waals surface area contributed by atoms with Crippen LogP contribution < -0.4 is 10.6 Å². The molecular formula is C22H20Cl2FN3O4S. The number of hydrogen-bond donors (Lipinski definition) is 2. The molecule has 3 rings (SSSR count). The van der Waals surface area contributed by atoms with E-state index in [9.17, 15) is 22.7 Å². The van der Waals surface area contributed by atoms with Crippen LogP contribution in [0.1, 0.15) is 29.1 Å². The molecule has 2 aromatic carbocycles. The van der Waals surface area contributed by atoms with E-state index in [-0.39, 0.29) is 37.6 Å². The molecule has 1 heterocycles. The second-order valence-corrected chi connectivity index (χ2v) is 10.2. The van der Waals surface area contributed by atoms with Gasteiger partial charge in [-0.25, -0.2) is 17.8 Å². The summed E-state index contributed by atoms with van der Waals surface area (Å²) in [5.74, 6) is -1.81. The summed E-state index contributed by atoms with van der Waals surface area (Å²) in [6.45, 7) is 1.45. The molecule has 0 fully saturated rings. The van der Waals surface area contributed by atoms with Gasteiger partial charge in [0.25, 0.3) is 0 Å². The molecule has 1 amide bonds. The van der Waals surface area contributed by atoms with Crippen LogP contribution >= 0.6 is 23.2 Å². The predicted octanol–water partition coefficient (Wildman–Crippen LogP) is 4.21. The van der Waals surface area contributed by atoms with Crippen molar-refractivity contribution in [1.29, 1.82) is 0 Å². The average molecular weight is 512 g/mol. The molecule has 0 radical (unpaired) electrons. The van der Waals surface area contributed by atoms with Crippen molar-refractivity contribution in [2.75, 3.05) is 17.7 Å². The van der Waals surface area contributed by atoms with Crippen molar-refractivity contribution < 1.29 is 22.7 Å². The number of anilines is 1. The highest BCUT2D eigenvalue weighted by molar-refractivity contribution is 7.91. The summed E-state index contributed by atoms with van der Waals surface area (Å²) < 4.78 is 40.2. The monoisotopic (exact) mass is 511 g/mol. The summed E-state index contributed by atoms with van der Waals surface area (Å²) >= 11 is 12.3. The number of benzene rings is 2. The number of aliphatic hydroxyl groups is 1. The lowest BCUT2D eigenvalue weighted by atomic mass is 10.0. The molecule has 33 heavy (non-hydrogen) atoms. The lowest BCUT2D eigenvalue weighted by Crippen LogP contribution is -2.28. The van der Waals surface area contributed by atoms with E-state index < -0.39 is 27.8 Å². The van der Waals surface area contributed by atoms with Crippen LogP contribution in [0.2, 0.25) is 10.0 Å². The SMILES string of the molecule is CCS(=O)(=O)c1cc(-c2cc(C(N)=O)ccc2Cl)cnc1N(C)C(O)c1c(F)cccc1Cl. The number of nitrogens with two attached hydrogens (primary N) is 1. The quantitative estimate of drug-likeness (QED) is 0.459. The highest BCUT2D eigenvalue weighted by atomic mass is 35.5. The number of nitrogens with zero attached hydrogens (tertiary/aromatic N) is 2. The molecule has 0 aliphatic carbocycles. The Morgan fingerprint density at radius 2 is 1.91 bits per heavy atom. The first-order valence-electron chi connectivity index (χ1n) is 9.65. The van der Waals surface area contributed by atoms with Crippen LogP contribution in [-0.2, 0) is 9.84 Å². The number of rotatable bonds is 7. The second kappa shape index (κ2) is 9.64. The Bertz CT molecular complexity index is 1310. The van der Waals surface area contributed by atoms with Crippen molar-refractivity contribution in [2.24, 2.45) is 5.73 Å². The van der Waals surface area contributed by atoms with E-state index in [0.29, 0.717) is 11.1 Å². The third-order valence-corrected chi connectivity index (χ3v) is 7.46. The number of sulfone groups is 1. The van der Waals surface area contributed by atoms with E-state index in [4.69, 9.17) is 28.9 Å². The lowest BCUT2D eigenvalue weighted by molar-refractivity contribution is 0.1000. The van der Waals surface area contributed by atoms with E-state index in [2.05, 4.69) is 4.98 Å². The first kappa shape index (κ1) is 24.9. The fraction of sp³-hybridized carbons (Fsp3) is 0.182. The molecule has 1 aromatic heterocycles. The Morgan fingerprint density at radius 1 is 1.21 bits per heavy atom. The molecule has 0 aliphatic rings. The molecule has 0 saturated carbocycles. The van der Waals surface area contributed by atoms with Crippen LogP contribution in [0.15, 0.2) is 53.6 Å². The molecule has 0 aliphatic heterocycles. The van der Waals surface area contributed by atoms with Crippen LogP contribution in [0.4, 0.5) is 10.2 Å². The Hall–Kier alpha value is -2.72. The second-order valence-electron chi connectivity index (χ2n) is 7.13. The van der Waals surface area contributed by atoms with E-state index in [1.807, 2.05) is 0 Å². The zero-order chi connectivity index (χ0) is 24.5. The summed E-state index contributed by atoms with van der Waals surface area (Å²) in [6.07, 6.45) is -0.285. The average Bonchev–Trinajstić information content (AvgIpc) is 2.78. The van der Waals surface area contributed by atoms with Gasteiger partial charge in [0.1, 0.15) is 16.5 Å². The largest absolute Gasteiger partial charge is 0.369 e. The van der Waals surface area contributed by atoms with Gasteiger partial charge in [-0.2, -0.15) is 0 Å². The van der Waals surface area contributed by atoms with Crippen molar-refractivity contribution in [2.45, 2.75) is 18.0 Å². The van der Waals surface area contributed by atoms with Gasteiger partial charge in [0.05, 0.1) is 16.3 Å². The minimum absolute atomic E-state index is 0.0269. The van der Waals surface area contributed by atoms with E-state index in [1.54, 1.807) is 0 Å². The number of carbonyl (C=O) groups excluding carboxylic acids is 1. The molecule has 1 atom stereocenters. The zero-order valence-corrected chi connectivity index (χ0v) is 19.9. The van der Waals surface area contributed by atoms with Gasteiger partial charge in [-0.1, -0.05) is 36.2 Å². The van der Waals surface area contributed by atoms with Gasteiger partial charge >= 0.3 is 0 Å². The number of amides is 1. The topological polar surface area (TPSA) is 114 Å². The van der Waals surface area contributed by atoms with E-state index in [1.165, 1.54) is 56.6 Å². The number of hydrogen-bond acceptors (Lipinski definition) is 6. The number of aromatic nitrogens is 1. The number of aliphatic hydroxyl groups excluding tert-OH is 1. The van der Waals surface area contributed by atoms with Crippen molar-refractivity contribution in [1.82, 2.24) is 4.98 Å². The highest BCUT2D eigenvalue weighted by Gasteiger charge is 2.28. The minimum Gasteiger partial charge on any atom is -0.369 e. The fourth-order valence-corrected chi connectivity index (χ4v) is 4.78. The van der Waals surface area contributed by atoms with Crippen molar-refractivity contribution in [3.63, 3.8) is 0 Å². The molecule has 3 aromatic rings. The number of carbonyl (C=O) groups is 1. The van der Waals surface area contributed by atoms with Gasteiger partial charge in [0, 0.05) is 35.0 Å². The van der Waals surface area contributed by atoms with Crippen molar-refractivity contribution in [3.8, 4) is 11.1 Å². The Kier molecular flexibility index (Phi) is 7.28. The Balaban J connectivity index is 2.18. The predicted molar refractivity (Wildman–Crippen MR) is 126 cm³/mol. The molecule has 1 unspecified atom stereocenters. The van der Waals surface area contributed by atoms with Crippen molar-refractivity contribution >= 4 is 44.8 Å². The molecular weight excluding hydrogens is 492 g/mol. The summed E-state index contributed by atoms with van der Waals surface area (Å²) in [6, 6.07) is 9.60. The highest BCUT2D eigenvalue weighted by Crippen LogP contribution is 2.36. The van der Waals surface area contributed by atoms with E-state index >= 15 is 0 Å². The molecule has 174 valence electrons. The molecule has 3 N–H and O–H groups in total. The van der Waals surface area contributed by atoms with Crippen molar-refractivity contribution in [3.05, 3.63) is 75.7 Å². The summed E-state index contributed by atoms with van der Waals surface area (Å²) in [5.41, 5.74) is 5.96. The maximum absolute atomic E-state index is 14.3. The van der Waals surface area contributed by atoms with Crippen LogP contribution in [0.25, 0.3) is 11.1 Å². The van der Waals surface area contributed by atoms with E-state index in [0.717, 1.165) is 11.0 Å². The summed E-state index contributed by atoms with van der Waals surface area (Å²) in [4.78, 5) is 16.7. The van der Waals surface area contributed by atoms with Crippen LogP contribution in [0.5, 0.6) is 0 Å². The third-order valence-electron chi connectivity index (χ3n) is 5.07. The minimum atomic E-state index is -3.86. The normalized spacial score (nSPS) is 12.4. The molecule has 11 heteroatoms. The van der Waals surface area contributed by atoms with Crippen LogP contribution in [-0.4, -0.2) is 37.2 Å². The summed E-state index contributed by atoms with van der Waals surface area (Å²) in [5, 5.41) is 11.0. The van der Waals surface area contributed by atoms with Gasteiger partial charge in [0.15, 0.2) is 16.1 Å². The van der Waals surface area contributed by atoms with Crippen LogP contribution in [0.3, 0.4) is 0 Å². The fourth-order valence-electron chi connectivity index (χ4n) is 3.20.